The van der Waals surface area contributed by atoms with Gasteiger partial charge >= 0.3 is 0 Å². The number of benzene rings is 10. The first-order valence-electron chi connectivity index (χ1n) is 20.7. The maximum atomic E-state index is 6.77. The van der Waals surface area contributed by atoms with Crippen LogP contribution in [0.1, 0.15) is 0 Å². The number of hydrogen-bond acceptors (Lipinski definition) is 3. The number of furan rings is 2. The highest BCUT2D eigenvalue weighted by Crippen LogP contribution is 2.47. The molecule has 0 bridgehead atoms. The molecule has 0 aliphatic carbocycles. The third kappa shape index (κ3) is 6.06. The summed E-state index contributed by atoms with van der Waals surface area (Å²) < 4.78 is 13.3. The molecule has 0 aliphatic rings. The molecular formula is C58H37NO2. The highest BCUT2D eigenvalue weighted by molar-refractivity contribution is 6.17. The summed E-state index contributed by atoms with van der Waals surface area (Å²) in [4.78, 5) is 2.37. The van der Waals surface area contributed by atoms with Crippen molar-refractivity contribution in [1.82, 2.24) is 0 Å². The molecule has 0 N–H and O–H groups in total. The maximum absolute atomic E-state index is 6.77. The van der Waals surface area contributed by atoms with Crippen LogP contribution in [0.25, 0.3) is 99.2 Å². The minimum atomic E-state index is 0.851. The predicted octanol–water partition coefficient (Wildman–Crippen LogP) is 16.8. The van der Waals surface area contributed by atoms with Crippen molar-refractivity contribution in [1.29, 1.82) is 0 Å². The van der Waals surface area contributed by atoms with E-state index in [4.69, 9.17) is 8.83 Å². The fraction of sp³-hybridized carbons (Fsp3) is 0. The molecule has 0 saturated carbocycles. The quantitative estimate of drug-likeness (QED) is 0.161. The predicted molar refractivity (Wildman–Crippen MR) is 255 cm³/mol. The average Bonchev–Trinajstić information content (AvgIpc) is 3.91. The highest BCUT2D eigenvalue weighted by Gasteiger charge is 2.23. The van der Waals surface area contributed by atoms with Crippen LogP contribution in [0.15, 0.2) is 233 Å². The van der Waals surface area contributed by atoms with Crippen LogP contribution in [-0.4, -0.2) is 0 Å². The van der Waals surface area contributed by atoms with Crippen molar-refractivity contribution in [2.45, 2.75) is 0 Å². The van der Waals surface area contributed by atoms with Crippen molar-refractivity contribution in [3.05, 3.63) is 224 Å². The molecular weight excluding hydrogens is 743 g/mol. The second kappa shape index (κ2) is 14.3. The molecule has 0 atom stereocenters. The van der Waals surface area contributed by atoms with E-state index in [1.165, 1.54) is 27.5 Å². The Morgan fingerprint density at radius 3 is 1.74 bits per heavy atom. The van der Waals surface area contributed by atoms with Gasteiger partial charge in [0.2, 0.25) is 0 Å². The smallest absolute Gasteiger partial charge is 0.145 e. The fourth-order valence-electron chi connectivity index (χ4n) is 9.03. The van der Waals surface area contributed by atoms with E-state index >= 15 is 0 Å². The molecule has 0 saturated heterocycles. The summed E-state index contributed by atoms with van der Waals surface area (Å²) in [5.74, 6) is 0. The Morgan fingerprint density at radius 1 is 0.295 bits per heavy atom. The van der Waals surface area contributed by atoms with E-state index in [1.807, 2.05) is 12.1 Å². The van der Waals surface area contributed by atoms with Crippen LogP contribution in [0.4, 0.5) is 17.1 Å². The lowest BCUT2D eigenvalue weighted by Gasteiger charge is -2.27. The summed E-state index contributed by atoms with van der Waals surface area (Å²) in [5, 5.41) is 6.76. The van der Waals surface area contributed by atoms with Gasteiger partial charge in [-0.15, -0.1) is 0 Å². The van der Waals surface area contributed by atoms with Crippen molar-refractivity contribution < 1.29 is 8.83 Å². The third-order valence-electron chi connectivity index (χ3n) is 12.1. The number of nitrogens with zero attached hydrogens (tertiary/aromatic N) is 1. The average molecular weight is 780 g/mol. The molecule has 0 radical (unpaired) electrons. The lowest BCUT2D eigenvalue weighted by atomic mass is 9.97. The minimum absolute atomic E-state index is 0.851. The standard InChI is InChI=1S/C58H37NO2/c1-3-12-38(13-4-1)46-26-30-50-52-37-48(29-33-55(52)60-56(50)36-46)59(53-32-31-49(41-15-5-2-6-16-41)58-57(53)51-20-9-10-21-54(51)61-58)47-27-24-40(25-28-47)43-18-11-19-44(34-43)45-23-22-39-14-7-8-17-42(39)35-45/h1-37H. The summed E-state index contributed by atoms with van der Waals surface area (Å²) in [7, 11) is 0. The Morgan fingerprint density at radius 2 is 0.902 bits per heavy atom. The fourth-order valence-corrected chi connectivity index (χ4v) is 9.03. The van der Waals surface area contributed by atoms with E-state index in [0.29, 0.717) is 0 Å². The van der Waals surface area contributed by atoms with Gasteiger partial charge < -0.3 is 13.7 Å². The van der Waals surface area contributed by atoms with Crippen LogP contribution in [-0.2, 0) is 0 Å². The van der Waals surface area contributed by atoms with Gasteiger partial charge in [0.25, 0.3) is 0 Å². The van der Waals surface area contributed by atoms with Gasteiger partial charge in [-0.2, -0.15) is 0 Å². The Bertz CT molecular complexity index is 3580. The molecule has 12 aromatic rings. The van der Waals surface area contributed by atoms with E-state index in [0.717, 1.165) is 88.8 Å². The Labute approximate surface area is 353 Å². The minimum Gasteiger partial charge on any atom is -0.456 e. The molecule has 61 heavy (non-hydrogen) atoms. The number of fused-ring (bicyclic) bond motifs is 7. The second-order valence-corrected chi connectivity index (χ2v) is 15.7. The van der Waals surface area contributed by atoms with E-state index in [-0.39, 0.29) is 0 Å². The van der Waals surface area contributed by atoms with E-state index < -0.39 is 0 Å². The molecule has 10 aromatic carbocycles. The first kappa shape index (κ1) is 34.9. The van der Waals surface area contributed by atoms with Crippen LogP contribution in [0, 0.1) is 0 Å². The molecule has 2 aromatic heterocycles. The topological polar surface area (TPSA) is 29.5 Å². The van der Waals surface area contributed by atoms with Crippen LogP contribution in [0.3, 0.4) is 0 Å². The normalized spacial score (nSPS) is 11.6. The molecule has 3 nitrogen and oxygen atoms in total. The van der Waals surface area contributed by atoms with Gasteiger partial charge in [-0.1, -0.05) is 152 Å². The Balaban J connectivity index is 1.02. The Hall–Kier alpha value is -8.14. The molecule has 0 fully saturated rings. The van der Waals surface area contributed by atoms with Crippen LogP contribution < -0.4 is 4.90 Å². The van der Waals surface area contributed by atoms with Crippen molar-refractivity contribution >= 4 is 71.7 Å². The van der Waals surface area contributed by atoms with Crippen LogP contribution in [0.2, 0.25) is 0 Å². The number of hydrogen-bond donors (Lipinski definition) is 0. The zero-order valence-corrected chi connectivity index (χ0v) is 33.1. The zero-order valence-electron chi connectivity index (χ0n) is 33.1. The summed E-state index contributed by atoms with van der Waals surface area (Å²) in [6.07, 6.45) is 0. The van der Waals surface area contributed by atoms with Gasteiger partial charge in [0.1, 0.15) is 22.3 Å². The summed E-state index contributed by atoms with van der Waals surface area (Å²) >= 11 is 0. The van der Waals surface area contributed by atoms with Crippen molar-refractivity contribution in [3.63, 3.8) is 0 Å². The van der Waals surface area contributed by atoms with E-state index in [9.17, 15) is 0 Å². The van der Waals surface area contributed by atoms with E-state index in [1.54, 1.807) is 0 Å². The lowest BCUT2D eigenvalue weighted by Crippen LogP contribution is -2.10. The van der Waals surface area contributed by atoms with Gasteiger partial charge in [-0.3, -0.25) is 0 Å². The van der Waals surface area contributed by atoms with Crippen molar-refractivity contribution in [2.75, 3.05) is 4.90 Å². The van der Waals surface area contributed by atoms with Crippen molar-refractivity contribution in [3.8, 4) is 44.5 Å². The molecule has 2 heterocycles. The first-order chi connectivity index (χ1) is 30.2. The van der Waals surface area contributed by atoms with Gasteiger partial charge in [-0.25, -0.2) is 0 Å². The lowest BCUT2D eigenvalue weighted by molar-refractivity contribution is 0.669. The van der Waals surface area contributed by atoms with Gasteiger partial charge in [-0.05, 0) is 123 Å². The largest absolute Gasteiger partial charge is 0.456 e. The maximum Gasteiger partial charge on any atom is 0.145 e. The van der Waals surface area contributed by atoms with Gasteiger partial charge in [0.05, 0.1) is 11.1 Å². The number of rotatable bonds is 7. The second-order valence-electron chi connectivity index (χ2n) is 15.7. The van der Waals surface area contributed by atoms with Gasteiger partial charge in [0.15, 0.2) is 0 Å². The first-order valence-corrected chi connectivity index (χ1v) is 20.7. The summed E-state index contributed by atoms with van der Waals surface area (Å²) in [6, 6.07) is 79.9. The van der Waals surface area contributed by atoms with E-state index in [2.05, 4.69) is 217 Å². The molecule has 3 heteroatoms. The Kier molecular flexibility index (Phi) is 8.17. The molecule has 0 spiro atoms. The zero-order chi connectivity index (χ0) is 40.3. The highest BCUT2D eigenvalue weighted by atomic mass is 16.3. The molecule has 0 amide bonds. The molecule has 0 unspecified atom stereocenters. The number of anilines is 3. The van der Waals surface area contributed by atoms with Crippen LogP contribution >= 0.6 is 0 Å². The summed E-state index contributed by atoms with van der Waals surface area (Å²) in [6.45, 7) is 0. The van der Waals surface area contributed by atoms with Crippen LogP contribution in [0.5, 0.6) is 0 Å². The SMILES string of the molecule is c1ccc(-c2ccc3c(c2)oc2ccc(N(c4ccc(-c5cccc(-c6ccc7ccccc7c6)c5)cc4)c4ccc(-c5ccccc5)c5oc6ccccc6c45)cc23)cc1. The monoisotopic (exact) mass is 779 g/mol. The number of para-hydroxylation sites is 1. The molecule has 0 aliphatic heterocycles. The summed E-state index contributed by atoms with van der Waals surface area (Å²) in [5.41, 5.74) is 15.7. The third-order valence-corrected chi connectivity index (χ3v) is 12.1. The van der Waals surface area contributed by atoms with Crippen molar-refractivity contribution in [2.24, 2.45) is 0 Å². The molecule has 286 valence electrons. The molecule has 12 rings (SSSR count). The van der Waals surface area contributed by atoms with Gasteiger partial charge in [0, 0.05) is 33.1 Å².